The lowest BCUT2D eigenvalue weighted by Crippen LogP contribution is -2.32. The van der Waals surface area contributed by atoms with Crippen LogP contribution in [0.5, 0.6) is 5.75 Å². The number of hydrogen-bond donors (Lipinski definition) is 1. The number of halogens is 3. The van der Waals surface area contributed by atoms with E-state index in [1.54, 1.807) is 0 Å². The third-order valence-corrected chi connectivity index (χ3v) is 2.85. The van der Waals surface area contributed by atoms with Gasteiger partial charge in [0.1, 0.15) is 5.75 Å². The first-order valence-electron chi connectivity index (χ1n) is 6.46. The van der Waals surface area contributed by atoms with Crippen molar-refractivity contribution in [1.29, 1.82) is 0 Å². The van der Waals surface area contributed by atoms with E-state index < -0.39 is 17.7 Å². The monoisotopic (exact) mass is 319 g/mol. The van der Waals surface area contributed by atoms with Gasteiger partial charge >= 0.3 is 12.1 Å². The van der Waals surface area contributed by atoms with E-state index in [2.05, 4.69) is 0 Å². The number of aliphatic carboxylic acids is 1. The number of ether oxygens (including phenoxy) is 1. The van der Waals surface area contributed by atoms with Crippen LogP contribution in [0.15, 0.2) is 24.3 Å². The van der Waals surface area contributed by atoms with Crippen molar-refractivity contribution in [1.82, 2.24) is 4.90 Å². The summed E-state index contributed by atoms with van der Waals surface area (Å²) in [6.07, 6.45) is -4.14. The van der Waals surface area contributed by atoms with E-state index in [4.69, 9.17) is 9.84 Å². The molecule has 0 atom stereocenters. The Morgan fingerprint density at radius 3 is 2.32 bits per heavy atom. The van der Waals surface area contributed by atoms with Crippen molar-refractivity contribution in [3.8, 4) is 5.75 Å². The predicted molar refractivity (Wildman–Crippen MR) is 71.4 cm³/mol. The van der Waals surface area contributed by atoms with E-state index in [-0.39, 0.29) is 31.2 Å². The summed E-state index contributed by atoms with van der Waals surface area (Å²) >= 11 is 0. The molecule has 0 aliphatic rings. The Morgan fingerprint density at radius 2 is 1.82 bits per heavy atom. The molecule has 5 nitrogen and oxygen atoms in total. The zero-order chi connectivity index (χ0) is 16.8. The third-order valence-electron chi connectivity index (χ3n) is 2.85. The Kier molecular flexibility index (Phi) is 6.21. The van der Waals surface area contributed by atoms with E-state index in [9.17, 15) is 22.8 Å². The van der Waals surface area contributed by atoms with Gasteiger partial charge in [-0.3, -0.25) is 9.59 Å². The Balaban J connectivity index is 2.42. The van der Waals surface area contributed by atoms with Gasteiger partial charge in [0.15, 0.2) is 6.61 Å². The second kappa shape index (κ2) is 7.67. The fraction of sp³-hybridized carbons (Fsp3) is 0.429. The van der Waals surface area contributed by atoms with E-state index in [1.807, 2.05) is 0 Å². The summed E-state index contributed by atoms with van der Waals surface area (Å²) in [4.78, 5) is 23.4. The molecule has 1 rings (SSSR count). The van der Waals surface area contributed by atoms with Crippen LogP contribution in [0.1, 0.15) is 18.4 Å². The molecule has 0 aliphatic carbocycles. The zero-order valence-corrected chi connectivity index (χ0v) is 11.9. The fourth-order valence-electron chi connectivity index (χ4n) is 1.59. The van der Waals surface area contributed by atoms with Crippen LogP contribution in [-0.4, -0.2) is 42.1 Å². The number of likely N-dealkylation sites (N-methyl/N-ethyl adjacent to an activating group) is 1. The van der Waals surface area contributed by atoms with Gasteiger partial charge in [-0.1, -0.05) is 0 Å². The van der Waals surface area contributed by atoms with Gasteiger partial charge in [-0.25, -0.2) is 0 Å². The third kappa shape index (κ3) is 6.02. The number of carboxylic acids is 1. The first-order chi connectivity index (χ1) is 10.2. The second-order valence-electron chi connectivity index (χ2n) is 4.62. The summed E-state index contributed by atoms with van der Waals surface area (Å²) in [7, 11) is 1.50. The smallest absolute Gasteiger partial charge is 0.416 e. The SMILES string of the molecule is CN(CCCC(=O)O)C(=O)COc1ccc(C(F)(F)F)cc1. The van der Waals surface area contributed by atoms with Gasteiger partial charge in [-0.15, -0.1) is 0 Å². The molecule has 1 aromatic carbocycles. The van der Waals surface area contributed by atoms with Gasteiger partial charge in [0.05, 0.1) is 5.56 Å². The number of carboxylic acid groups (broad SMARTS) is 1. The predicted octanol–water partition coefficient (Wildman–Crippen LogP) is 2.41. The Hall–Kier alpha value is -2.25. The minimum Gasteiger partial charge on any atom is -0.484 e. The largest absolute Gasteiger partial charge is 0.484 e. The standard InChI is InChI=1S/C14H16F3NO4/c1-18(8-2-3-13(20)21)12(19)9-22-11-6-4-10(5-7-11)14(15,16)17/h4-7H,2-3,8-9H2,1H3,(H,20,21). The van der Waals surface area contributed by atoms with Crippen LogP contribution in [-0.2, 0) is 15.8 Å². The molecule has 1 amide bonds. The molecule has 22 heavy (non-hydrogen) atoms. The maximum atomic E-state index is 12.4. The van der Waals surface area contributed by atoms with Crippen LogP contribution in [0.2, 0.25) is 0 Å². The molecule has 0 fully saturated rings. The number of hydrogen-bond acceptors (Lipinski definition) is 3. The van der Waals surface area contributed by atoms with Crippen molar-refractivity contribution in [2.75, 3.05) is 20.2 Å². The molecular weight excluding hydrogens is 303 g/mol. The summed E-state index contributed by atoms with van der Waals surface area (Å²) in [5.41, 5.74) is -0.794. The van der Waals surface area contributed by atoms with Gasteiger partial charge in [-0.2, -0.15) is 13.2 Å². The van der Waals surface area contributed by atoms with Crippen LogP contribution in [0.4, 0.5) is 13.2 Å². The lowest BCUT2D eigenvalue weighted by Gasteiger charge is -2.17. The molecule has 0 heterocycles. The summed E-state index contributed by atoms with van der Waals surface area (Å²) < 4.78 is 42.2. The van der Waals surface area contributed by atoms with Crippen LogP contribution in [0.3, 0.4) is 0 Å². The topological polar surface area (TPSA) is 66.8 Å². The van der Waals surface area contributed by atoms with Gasteiger partial charge in [0.2, 0.25) is 0 Å². The highest BCUT2D eigenvalue weighted by Crippen LogP contribution is 2.30. The molecular formula is C14H16F3NO4. The van der Waals surface area contributed by atoms with E-state index in [1.165, 1.54) is 11.9 Å². The van der Waals surface area contributed by atoms with Crippen molar-refractivity contribution in [2.24, 2.45) is 0 Å². The zero-order valence-electron chi connectivity index (χ0n) is 11.9. The van der Waals surface area contributed by atoms with Crippen molar-refractivity contribution >= 4 is 11.9 Å². The van der Waals surface area contributed by atoms with Crippen molar-refractivity contribution in [3.05, 3.63) is 29.8 Å². The van der Waals surface area contributed by atoms with E-state index in [0.29, 0.717) is 6.42 Å². The quantitative estimate of drug-likeness (QED) is 0.838. The fourth-order valence-corrected chi connectivity index (χ4v) is 1.59. The minimum atomic E-state index is -4.42. The number of nitrogens with zero attached hydrogens (tertiary/aromatic N) is 1. The highest BCUT2D eigenvalue weighted by molar-refractivity contribution is 5.77. The molecule has 0 unspecified atom stereocenters. The second-order valence-corrected chi connectivity index (χ2v) is 4.62. The number of amides is 1. The van der Waals surface area contributed by atoms with E-state index in [0.717, 1.165) is 24.3 Å². The minimum absolute atomic E-state index is 0.0443. The number of alkyl halides is 3. The molecule has 1 aromatic rings. The van der Waals surface area contributed by atoms with Gasteiger partial charge in [-0.05, 0) is 30.7 Å². The molecule has 0 spiro atoms. The van der Waals surface area contributed by atoms with Crippen LogP contribution >= 0.6 is 0 Å². The number of carbonyl (C=O) groups excluding carboxylic acids is 1. The first kappa shape index (κ1) is 17.8. The van der Waals surface area contributed by atoms with Gasteiger partial charge < -0.3 is 14.7 Å². The highest BCUT2D eigenvalue weighted by atomic mass is 19.4. The molecule has 0 saturated heterocycles. The Bertz CT molecular complexity index is 514. The average Bonchev–Trinajstić information content (AvgIpc) is 2.43. The lowest BCUT2D eigenvalue weighted by molar-refractivity contribution is -0.138. The van der Waals surface area contributed by atoms with Crippen LogP contribution in [0, 0.1) is 0 Å². The van der Waals surface area contributed by atoms with Gasteiger partial charge in [0.25, 0.3) is 5.91 Å². The molecule has 0 bridgehead atoms. The molecule has 122 valence electrons. The average molecular weight is 319 g/mol. The molecule has 0 radical (unpaired) electrons. The molecule has 1 N–H and O–H groups in total. The molecule has 0 aliphatic heterocycles. The van der Waals surface area contributed by atoms with Crippen molar-refractivity contribution in [3.63, 3.8) is 0 Å². The summed E-state index contributed by atoms with van der Waals surface area (Å²) in [6.45, 7) is -0.0591. The maximum absolute atomic E-state index is 12.4. The Labute approximate surface area is 125 Å². The van der Waals surface area contributed by atoms with Crippen LogP contribution < -0.4 is 4.74 Å². The first-order valence-corrected chi connectivity index (χ1v) is 6.46. The summed E-state index contributed by atoms with van der Waals surface area (Å²) in [5, 5.41) is 8.49. The van der Waals surface area contributed by atoms with E-state index >= 15 is 0 Å². The van der Waals surface area contributed by atoms with Crippen molar-refractivity contribution < 1.29 is 32.6 Å². The van der Waals surface area contributed by atoms with Crippen molar-refractivity contribution in [2.45, 2.75) is 19.0 Å². The number of benzene rings is 1. The normalized spacial score (nSPS) is 11.1. The lowest BCUT2D eigenvalue weighted by atomic mass is 10.2. The molecule has 0 saturated carbocycles. The van der Waals surface area contributed by atoms with Gasteiger partial charge in [0, 0.05) is 20.0 Å². The number of carbonyl (C=O) groups is 2. The highest BCUT2D eigenvalue weighted by Gasteiger charge is 2.30. The molecule has 8 heteroatoms. The maximum Gasteiger partial charge on any atom is 0.416 e. The summed E-state index contributed by atoms with van der Waals surface area (Å²) in [5.74, 6) is -1.17. The molecule has 0 aromatic heterocycles. The summed E-state index contributed by atoms with van der Waals surface area (Å²) in [6, 6.07) is 4.02. The number of rotatable bonds is 7. The van der Waals surface area contributed by atoms with Crippen LogP contribution in [0.25, 0.3) is 0 Å². The Morgan fingerprint density at radius 1 is 1.23 bits per heavy atom.